The summed E-state index contributed by atoms with van der Waals surface area (Å²) < 4.78 is 4.58. The molecule has 3 rings (SSSR count). The van der Waals surface area contributed by atoms with Crippen LogP contribution in [0.2, 0.25) is 0 Å². The Hall–Kier alpha value is -3.33. The molecule has 0 spiro atoms. The molecular formula is C14H11N5O4. The molecule has 0 aliphatic rings. The summed E-state index contributed by atoms with van der Waals surface area (Å²) in [6.45, 7) is 1.91. The van der Waals surface area contributed by atoms with Gasteiger partial charge in [-0.3, -0.25) is 20.8 Å². The van der Waals surface area contributed by atoms with Gasteiger partial charge in [0.1, 0.15) is 0 Å². The zero-order valence-electron chi connectivity index (χ0n) is 11.9. The molecule has 9 nitrogen and oxygen atoms in total. The van der Waals surface area contributed by atoms with Crippen molar-refractivity contribution in [2.24, 2.45) is 4.99 Å². The lowest BCUT2D eigenvalue weighted by Crippen LogP contribution is -2.20. The Morgan fingerprint density at radius 1 is 1.30 bits per heavy atom. The van der Waals surface area contributed by atoms with Gasteiger partial charge in [0, 0.05) is 11.6 Å². The summed E-state index contributed by atoms with van der Waals surface area (Å²) >= 11 is 0. The molecule has 2 N–H and O–H groups in total. The van der Waals surface area contributed by atoms with Crippen LogP contribution in [0.25, 0.3) is 11.0 Å². The van der Waals surface area contributed by atoms with E-state index < -0.39 is 4.92 Å². The van der Waals surface area contributed by atoms with E-state index in [1.54, 1.807) is 6.07 Å². The highest BCUT2D eigenvalue weighted by molar-refractivity contribution is 6.02. The minimum Gasteiger partial charge on any atom is -0.290 e. The van der Waals surface area contributed by atoms with Crippen molar-refractivity contribution in [1.82, 2.24) is 15.8 Å². The quantitative estimate of drug-likeness (QED) is 0.329. The summed E-state index contributed by atoms with van der Waals surface area (Å²) in [5.41, 5.74) is 3.85. The van der Waals surface area contributed by atoms with Crippen molar-refractivity contribution < 1.29 is 14.8 Å². The van der Waals surface area contributed by atoms with E-state index in [-0.39, 0.29) is 28.2 Å². The predicted molar refractivity (Wildman–Crippen MR) is 80.8 cm³/mol. The molecule has 23 heavy (non-hydrogen) atoms. The lowest BCUT2D eigenvalue weighted by molar-refractivity contribution is -0.383. The third kappa shape index (κ3) is 2.72. The van der Waals surface area contributed by atoms with Crippen molar-refractivity contribution >= 4 is 28.2 Å². The number of aromatic nitrogens is 2. The van der Waals surface area contributed by atoms with E-state index in [1.807, 2.05) is 30.6 Å². The van der Waals surface area contributed by atoms with E-state index in [1.165, 1.54) is 12.1 Å². The van der Waals surface area contributed by atoms with Gasteiger partial charge in [-0.05, 0) is 29.4 Å². The smallest absolute Gasteiger partial charge is 0.290 e. The molecule has 0 amide bonds. The maximum atomic E-state index is 11.0. The maximum Gasteiger partial charge on any atom is 0.300 e. The first-order chi connectivity index (χ1) is 11.1. The third-order valence-corrected chi connectivity index (χ3v) is 3.20. The van der Waals surface area contributed by atoms with Crippen molar-refractivity contribution in [3.63, 3.8) is 0 Å². The number of aryl methyl sites for hydroxylation is 1. The standard InChI is InChI=1S/C14H11N5O4/c1-8-3-2-4-9(7-8)14(16-20)15-10-5-6-11(19(21)22)13-12(10)17-23-18-13/h2-7,20H,1H3,(H,15,16). The number of nitrogens with one attached hydrogen (secondary N) is 1. The van der Waals surface area contributed by atoms with Gasteiger partial charge >= 0.3 is 5.69 Å². The van der Waals surface area contributed by atoms with E-state index >= 15 is 0 Å². The van der Waals surface area contributed by atoms with Gasteiger partial charge in [0.2, 0.25) is 5.52 Å². The molecule has 0 atom stereocenters. The highest BCUT2D eigenvalue weighted by atomic mass is 16.6. The number of nitro benzene ring substituents is 1. The first-order valence-corrected chi connectivity index (χ1v) is 6.55. The highest BCUT2D eigenvalue weighted by Crippen LogP contribution is 2.30. The molecule has 0 saturated carbocycles. The fourth-order valence-electron chi connectivity index (χ4n) is 2.14. The van der Waals surface area contributed by atoms with Gasteiger partial charge in [0.15, 0.2) is 11.4 Å². The number of nitrogens with zero attached hydrogens (tertiary/aromatic N) is 4. The molecule has 0 bridgehead atoms. The Bertz CT molecular complexity index is 918. The molecule has 1 aromatic heterocycles. The average Bonchev–Trinajstić information content (AvgIpc) is 3.01. The normalized spacial score (nSPS) is 11.7. The van der Waals surface area contributed by atoms with Crippen molar-refractivity contribution in [2.75, 3.05) is 0 Å². The summed E-state index contributed by atoms with van der Waals surface area (Å²) in [4.78, 5) is 14.7. The third-order valence-electron chi connectivity index (χ3n) is 3.20. The number of hydroxylamine groups is 1. The number of amidine groups is 1. The van der Waals surface area contributed by atoms with Gasteiger partial charge < -0.3 is 0 Å². The number of non-ortho nitro benzene ring substituents is 1. The van der Waals surface area contributed by atoms with Crippen LogP contribution < -0.4 is 5.48 Å². The second kappa shape index (κ2) is 5.81. The highest BCUT2D eigenvalue weighted by Gasteiger charge is 2.19. The second-order valence-corrected chi connectivity index (χ2v) is 4.76. The van der Waals surface area contributed by atoms with E-state index in [9.17, 15) is 15.3 Å². The van der Waals surface area contributed by atoms with Gasteiger partial charge in [0.25, 0.3) is 0 Å². The number of aliphatic imine (C=N–C) groups is 1. The topological polar surface area (TPSA) is 127 Å². The number of hydrogen-bond acceptors (Lipinski definition) is 7. The van der Waals surface area contributed by atoms with Crippen LogP contribution in [0.15, 0.2) is 46.0 Å². The summed E-state index contributed by atoms with van der Waals surface area (Å²) in [6, 6.07) is 9.99. The Morgan fingerprint density at radius 2 is 2.09 bits per heavy atom. The molecule has 0 aliphatic heterocycles. The van der Waals surface area contributed by atoms with E-state index in [0.29, 0.717) is 5.56 Å². The van der Waals surface area contributed by atoms with Crippen LogP contribution in [0.5, 0.6) is 0 Å². The summed E-state index contributed by atoms with van der Waals surface area (Å²) in [5, 5.41) is 27.5. The first-order valence-electron chi connectivity index (χ1n) is 6.55. The summed E-state index contributed by atoms with van der Waals surface area (Å²) in [6.07, 6.45) is 0. The molecule has 3 aromatic rings. The van der Waals surface area contributed by atoms with Gasteiger partial charge in [0.05, 0.1) is 10.6 Å². The Kier molecular flexibility index (Phi) is 3.69. The van der Waals surface area contributed by atoms with Crippen LogP contribution in [0.4, 0.5) is 11.4 Å². The monoisotopic (exact) mass is 313 g/mol. The van der Waals surface area contributed by atoms with Crippen molar-refractivity contribution in [3.05, 3.63) is 57.6 Å². The molecule has 116 valence electrons. The Balaban J connectivity index is 2.14. The van der Waals surface area contributed by atoms with Gasteiger partial charge in [-0.15, -0.1) is 0 Å². The number of nitro groups is 1. The Labute approximate surface area is 129 Å². The van der Waals surface area contributed by atoms with Crippen LogP contribution in [0.3, 0.4) is 0 Å². The van der Waals surface area contributed by atoms with E-state index in [2.05, 4.69) is 19.9 Å². The summed E-state index contributed by atoms with van der Waals surface area (Å²) in [7, 11) is 0. The molecular weight excluding hydrogens is 302 g/mol. The molecule has 0 fully saturated rings. The lowest BCUT2D eigenvalue weighted by atomic mass is 10.1. The van der Waals surface area contributed by atoms with Crippen LogP contribution in [-0.2, 0) is 0 Å². The van der Waals surface area contributed by atoms with Crippen LogP contribution in [0, 0.1) is 17.0 Å². The minimum absolute atomic E-state index is 0.00205. The fourth-order valence-corrected chi connectivity index (χ4v) is 2.14. The maximum absolute atomic E-state index is 11.0. The SMILES string of the molecule is Cc1cccc(C(=Nc2ccc([N+](=O)[O-])c3nonc23)NO)c1. The fraction of sp³-hybridized carbons (Fsp3) is 0.0714. The predicted octanol–water partition coefficient (Wildman–Crippen LogP) is 2.50. The Morgan fingerprint density at radius 3 is 2.78 bits per heavy atom. The number of hydrogen-bond donors (Lipinski definition) is 2. The molecule has 1 heterocycles. The first kappa shape index (κ1) is 14.6. The van der Waals surface area contributed by atoms with Crippen molar-refractivity contribution in [1.29, 1.82) is 0 Å². The van der Waals surface area contributed by atoms with Crippen molar-refractivity contribution in [2.45, 2.75) is 6.92 Å². The summed E-state index contributed by atoms with van der Waals surface area (Å²) in [5.74, 6) is 0.173. The second-order valence-electron chi connectivity index (χ2n) is 4.76. The van der Waals surface area contributed by atoms with Gasteiger partial charge in [-0.2, -0.15) is 0 Å². The van der Waals surface area contributed by atoms with Crippen LogP contribution >= 0.6 is 0 Å². The molecule has 0 unspecified atom stereocenters. The number of rotatable bonds is 3. The zero-order chi connectivity index (χ0) is 16.4. The molecule has 9 heteroatoms. The van der Waals surface area contributed by atoms with Crippen LogP contribution in [0.1, 0.15) is 11.1 Å². The van der Waals surface area contributed by atoms with E-state index in [4.69, 9.17) is 0 Å². The largest absolute Gasteiger partial charge is 0.300 e. The number of benzene rings is 2. The molecule has 0 aliphatic carbocycles. The molecule has 2 aromatic carbocycles. The molecule has 0 saturated heterocycles. The molecule has 0 radical (unpaired) electrons. The van der Waals surface area contributed by atoms with Gasteiger partial charge in [-0.25, -0.2) is 9.62 Å². The van der Waals surface area contributed by atoms with Crippen LogP contribution in [-0.4, -0.2) is 26.3 Å². The minimum atomic E-state index is -0.578. The average molecular weight is 313 g/mol. The number of fused-ring (bicyclic) bond motifs is 1. The van der Waals surface area contributed by atoms with E-state index in [0.717, 1.165) is 5.56 Å². The zero-order valence-corrected chi connectivity index (χ0v) is 11.9. The van der Waals surface area contributed by atoms with Gasteiger partial charge in [-0.1, -0.05) is 23.8 Å². The van der Waals surface area contributed by atoms with Crippen molar-refractivity contribution in [3.8, 4) is 0 Å². The lowest BCUT2D eigenvalue weighted by Gasteiger charge is -2.06.